The molecule has 0 spiro atoms. The minimum absolute atomic E-state index is 0.0956. The molecule has 0 saturated heterocycles. The van der Waals surface area contributed by atoms with Gasteiger partial charge in [0.1, 0.15) is 0 Å². The highest BCUT2D eigenvalue weighted by Gasteiger charge is 2.15. The van der Waals surface area contributed by atoms with E-state index in [9.17, 15) is 5.11 Å². The van der Waals surface area contributed by atoms with E-state index in [1.807, 2.05) is 25.1 Å². The first-order chi connectivity index (χ1) is 6.66. The van der Waals surface area contributed by atoms with Gasteiger partial charge in [0.2, 0.25) is 5.90 Å². The summed E-state index contributed by atoms with van der Waals surface area (Å²) in [7, 11) is 0. The molecule has 1 aromatic carbocycles. The van der Waals surface area contributed by atoms with Gasteiger partial charge in [0.15, 0.2) is 6.10 Å². The predicted molar refractivity (Wildman–Crippen MR) is 55.5 cm³/mol. The third-order valence-electron chi connectivity index (χ3n) is 2.03. The second-order valence-electron chi connectivity index (χ2n) is 3.06. The lowest BCUT2D eigenvalue weighted by Crippen LogP contribution is -2.15. The van der Waals surface area contributed by atoms with Gasteiger partial charge in [0.25, 0.3) is 0 Å². The molecule has 0 aliphatic heterocycles. The summed E-state index contributed by atoms with van der Waals surface area (Å²) >= 11 is 0. The molecule has 14 heavy (non-hydrogen) atoms. The van der Waals surface area contributed by atoms with Crippen molar-refractivity contribution in [2.45, 2.75) is 20.0 Å². The molecule has 2 N–H and O–H groups in total. The van der Waals surface area contributed by atoms with E-state index in [2.05, 4.69) is 0 Å². The monoisotopic (exact) mass is 193 g/mol. The summed E-state index contributed by atoms with van der Waals surface area (Å²) < 4.78 is 4.95. The Labute approximate surface area is 83.8 Å². The van der Waals surface area contributed by atoms with Crippen LogP contribution in [0.2, 0.25) is 0 Å². The van der Waals surface area contributed by atoms with Gasteiger partial charge in [-0.15, -0.1) is 0 Å². The molecule has 3 heteroatoms. The maximum atomic E-state index is 9.75. The van der Waals surface area contributed by atoms with Crippen molar-refractivity contribution in [2.24, 2.45) is 0 Å². The number of aliphatic hydroxyl groups is 1. The topological polar surface area (TPSA) is 53.3 Å². The van der Waals surface area contributed by atoms with Gasteiger partial charge in [-0.1, -0.05) is 24.3 Å². The van der Waals surface area contributed by atoms with Crippen LogP contribution in [0.4, 0.5) is 0 Å². The fourth-order valence-corrected chi connectivity index (χ4v) is 1.27. The lowest BCUT2D eigenvalue weighted by molar-refractivity contribution is 0.190. The smallest absolute Gasteiger partial charge is 0.214 e. The Bertz CT molecular complexity index is 323. The van der Waals surface area contributed by atoms with E-state index in [1.54, 1.807) is 13.0 Å². The highest BCUT2D eigenvalue weighted by atomic mass is 16.5. The van der Waals surface area contributed by atoms with Crippen LogP contribution >= 0.6 is 0 Å². The number of nitrogens with one attached hydrogen (secondary N) is 1. The summed E-state index contributed by atoms with van der Waals surface area (Å²) in [6.45, 7) is 4.10. The zero-order valence-electron chi connectivity index (χ0n) is 8.45. The quantitative estimate of drug-likeness (QED) is 0.570. The lowest BCUT2D eigenvalue weighted by atomic mass is 10.0. The van der Waals surface area contributed by atoms with Crippen molar-refractivity contribution in [3.63, 3.8) is 0 Å². The highest BCUT2D eigenvalue weighted by Crippen LogP contribution is 2.18. The van der Waals surface area contributed by atoms with E-state index in [0.717, 1.165) is 11.1 Å². The van der Waals surface area contributed by atoms with Crippen LogP contribution in [0.25, 0.3) is 0 Å². The van der Waals surface area contributed by atoms with Crippen LogP contribution in [0, 0.1) is 12.3 Å². The molecule has 1 rings (SSSR count). The minimum Gasteiger partial charge on any atom is -0.479 e. The fourth-order valence-electron chi connectivity index (χ4n) is 1.27. The molecule has 1 atom stereocenters. The SMILES string of the molecule is CCOC(=N)C(O)c1ccccc1C. The molecule has 0 saturated carbocycles. The van der Waals surface area contributed by atoms with Gasteiger partial charge in [-0.05, 0) is 25.0 Å². The van der Waals surface area contributed by atoms with Gasteiger partial charge in [-0.2, -0.15) is 0 Å². The molecule has 0 heterocycles. The maximum absolute atomic E-state index is 9.75. The number of aliphatic hydroxyl groups excluding tert-OH is 1. The van der Waals surface area contributed by atoms with E-state index < -0.39 is 6.10 Å². The number of benzene rings is 1. The molecule has 3 nitrogen and oxygen atoms in total. The summed E-state index contributed by atoms with van der Waals surface area (Å²) in [5.41, 5.74) is 1.69. The molecule has 0 amide bonds. The van der Waals surface area contributed by atoms with E-state index in [1.165, 1.54) is 0 Å². The third-order valence-corrected chi connectivity index (χ3v) is 2.03. The molecule has 76 valence electrons. The number of hydrogen-bond donors (Lipinski definition) is 2. The van der Waals surface area contributed by atoms with Crippen molar-refractivity contribution in [1.82, 2.24) is 0 Å². The number of aryl methyl sites for hydroxylation is 1. The summed E-state index contributed by atoms with van der Waals surface area (Å²) in [6, 6.07) is 7.44. The van der Waals surface area contributed by atoms with E-state index in [4.69, 9.17) is 10.1 Å². The van der Waals surface area contributed by atoms with Crippen molar-refractivity contribution < 1.29 is 9.84 Å². The van der Waals surface area contributed by atoms with Crippen LogP contribution in [-0.2, 0) is 4.74 Å². The second-order valence-corrected chi connectivity index (χ2v) is 3.06. The molecule has 1 unspecified atom stereocenters. The van der Waals surface area contributed by atoms with Crippen molar-refractivity contribution >= 4 is 5.90 Å². The largest absolute Gasteiger partial charge is 0.479 e. The van der Waals surface area contributed by atoms with Gasteiger partial charge < -0.3 is 9.84 Å². The average molecular weight is 193 g/mol. The molecule has 0 aliphatic rings. The Morgan fingerprint density at radius 3 is 2.71 bits per heavy atom. The van der Waals surface area contributed by atoms with Gasteiger partial charge in [0.05, 0.1) is 6.61 Å². The fraction of sp³-hybridized carbons (Fsp3) is 0.364. The Kier molecular flexibility index (Phi) is 3.65. The Morgan fingerprint density at radius 1 is 1.50 bits per heavy atom. The van der Waals surface area contributed by atoms with Crippen LogP contribution in [0.3, 0.4) is 0 Å². The molecule has 0 radical (unpaired) electrons. The molecule has 0 aromatic heterocycles. The number of rotatable bonds is 3. The molecular weight excluding hydrogens is 178 g/mol. The first-order valence-corrected chi connectivity index (χ1v) is 4.61. The highest BCUT2D eigenvalue weighted by molar-refractivity contribution is 5.79. The lowest BCUT2D eigenvalue weighted by Gasteiger charge is -2.14. The minimum atomic E-state index is -0.948. The Balaban J connectivity index is 2.84. The van der Waals surface area contributed by atoms with Crippen LogP contribution in [0.15, 0.2) is 24.3 Å². The van der Waals surface area contributed by atoms with Crippen molar-refractivity contribution in [3.05, 3.63) is 35.4 Å². The standard InChI is InChI=1S/C11H15NO2/c1-3-14-11(12)10(13)9-7-5-4-6-8(9)2/h4-7,10,12-13H,3H2,1-2H3. The van der Waals surface area contributed by atoms with Gasteiger partial charge >= 0.3 is 0 Å². The average Bonchev–Trinajstić information content (AvgIpc) is 2.18. The normalized spacial score (nSPS) is 12.2. The molecule has 0 fully saturated rings. The predicted octanol–water partition coefficient (Wildman–Crippen LogP) is 2.04. The molecule has 1 aromatic rings. The van der Waals surface area contributed by atoms with E-state index in [-0.39, 0.29) is 5.90 Å². The number of ether oxygens (including phenoxy) is 1. The molecule has 0 bridgehead atoms. The Morgan fingerprint density at radius 2 is 2.14 bits per heavy atom. The van der Waals surface area contributed by atoms with Gasteiger partial charge in [0, 0.05) is 0 Å². The van der Waals surface area contributed by atoms with E-state index in [0.29, 0.717) is 6.61 Å². The second kappa shape index (κ2) is 4.77. The maximum Gasteiger partial charge on any atom is 0.214 e. The van der Waals surface area contributed by atoms with Gasteiger partial charge in [-0.25, -0.2) is 0 Å². The summed E-state index contributed by atoms with van der Waals surface area (Å²) in [6.07, 6.45) is -0.948. The van der Waals surface area contributed by atoms with Crippen LogP contribution in [0.1, 0.15) is 24.2 Å². The summed E-state index contributed by atoms with van der Waals surface area (Å²) in [4.78, 5) is 0. The zero-order chi connectivity index (χ0) is 10.6. The molecular formula is C11H15NO2. The zero-order valence-corrected chi connectivity index (χ0v) is 8.45. The number of hydrogen-bond acceptors (Lipinski definition) is 3. The van der Waals surface area contributed by atoms with Crippen molar-refractivity contribution in [2.75, 3.05) is 6.61 Å². The third kappa shape index (κ3) is 2.33. The van der Waals surface area contributed by atoms with E-state index >= 15 is 0 Å². The first kappa shape index (κ1) is 10.7. The Hall–Kier alpha value is -1.35. The summed E-state index contributed by atoms with van der Waals surface area (Å²) in [5, 5.41) is 17.2. The first-order valence-electron chi connectivity index (χ1n) is 4.61. The molecule has 0 aliphatic carbocycles. The summed E-state index contributed by atoms with van der Waals surface area (Å²) in [5.74, 6) is -0.0956. The van der Waals surface area contributed by atoms with Crippen LogP contribution in [-0.4, -0.2) is 17.6 Å². The van der Waals surface area contributed by atoms with Crippen molar-refractivity contribution in [3.8, 4) is 0 Å². The van der Waals surface area contributed by atoms with Crippen LogP contribution in [0.5, 0.6) is 0 Å². The van der Waals surface area contributed by atoms with Crippen molar-refractivity contribution in [1.29, 1.82) is 5.41 Å². The van der Waals surface area contributed by atoms with Gasteiger partial charge in [-0.3, -0.25) is 5.41 Å². The van der Waals surface area contributed by atoms with Crippen LogP contribution < -0.4 is 0 Å².